The predicted octanol–water partition coefficient (Wildman–Crippen LogP) is 6.97. The van der Waals surface area contributed by atoms with Gasteiger partial charge in [-0.15, -0.1) is 10.2 Å². The highest BCUT2D eigenvalue weighted by atomic mass is 32.2. The largest absolute Gasteiger partial charge is 0.455 e. The summed E-state index contributed by atoms with van der Waals surface area (Å²) < 4.78 is 73.2. The molecule has 0 atom stereocenters. The Bertz CT molecular complexity index is 2500. The molecule has 0 aliphatic rings. The molecule has 0 fully saturated rings. The number of oxazole rings is 1. The van der Waals surface area contributed by atoms with E-state index < -0.39 is 27.6 Å². The number of fused-ring (bicyclic) bond motifs is 2. The third-order valence-corrected chi connectivity index (χ3v) is 9.08. The number of carbonyl (C=O) groups is 1. The lowest BCUT2D eigenvalue weighted by Gasteiger charge is -2.21. The van der Waals surface area contributed by atoms with Gasteiger partial charge in [-0.2, -0.15) is 0 Å². The molecule has 11 nitrogen and oxygen atoms in total. The fourth-order valence-electron chi connectivity index (χ4n) is 5.47. The van der Waals surface area contributed by atoms with Crippen molar-refractivity contribution in [2.45, 2.75) is 6.92 Å². The van der Waals surface area contributed by atoms with Crippen molar-refractivity contribution >= 4 is 43.7 Å². The second-order valence-electron chi connectivity index (χ2n) is 11.0. The molecule has 1 N–H and O–H groups in total. The van der Waals surface area contributed by atoms with Gasteiger partial charge in [-0.1, -0.05) is 12.1 Å². The number of furan rings is 1. The van der Waals surface area contributed by atoms with E-state index in [-0.39, 0.29) is 45.5 Å². The van der Waals surface area contributed by atoms with Gasteiger partial charge in [-0.3, -0.25) is 9.10 Å². The van der Waals surface area contributed by atoms with Gasteiger partial charge in [0.1, 0.15) is 22.7 Å². The van der Waals surface area contributed by atoms with Gasteiger partial charge in [0.25, 0.3) is 5.91 Å². The minimum Gasteiger partial charge on any atom is -0.455 e. The van der Waals surface area contributed by atoms with E-state index in [4.69, 9.17) is 13.3 Å². The Morgan fingerprint density at radius 1 is 0.833 bits per heavy atom. The van der Waals surface area contributed by atoms with Crippen LogP contribution in [0.25, 0.3) is 67.4 Å². The van der Waals surface area contributed by atoms with Gasteiger partial charge in [0.2, 0.25) is 27.7 Å². The van der Waals surface area contributed by atoms with Crippen LogP contribution in [0.4, 0.5) is 14.5 Å². The normalized spacial score (nSPS) is 11.8. The second kappa shape index (κ2) is 11.4. The number of amides is 1. The van der Waals surface area contributed by atoms with E-state index in [0.717, 1.165) is 10.6 Å². The lowest BCUT2D eigenvalue weighted by atomic mass is 9.95. The van der Waals surface area contributed by atoms with Crippen molar-refractivity contribution in [3.05, 3.63) is 95.9 Å². The number of rotatable bonds is 7. The van der Waals surface area contributed by atoms with Crippen LogP contribution in [0.3, 0.4) is 0 Å². The molecule has 0 aliphatic carbocycles. The highest BCUT2D eigenvalue weighted by molar-refractivity contribution is 7.92. The van der Waals surface area contributed by atoms with Crippen molar-refractivity contribution < 1.29 is 35.2 Å². The van der Waals surface area contributed by atoms with Gasteiger partial charge >= 0.3 is 0 Å². The SMILES string of the molecule is CNC(=O)c1c(-c2ccc(F)cc2)oc2cc(N(C)S(C)(=O)=O)c(-c3ccc(-c4nnc(C)o4)c(-c4nc5c(F)cccc5o4)c3)cc12. The molecule has 7 aromatic rings. The summed E-state index contributed by atoms with van der Waals surface area (Å²) in [5.41, 5.74) is 2.94. The lowest BCUT2D eigenvalue weighted by Crippen LogP contribution is -2.25. The summed E-state index contributed by atoms with van der Waals surface area (Å²) in [5.74, 6) is -0.825. The molecule has 1 amide bonds. The summed E-state index contributed by atoms with van der Waals surface area (Å²) in [6.45, 7) is 1.64. The molecule has 0 bridgehead atoms. The molecule has 48 heavy (non-hydrogen) atoms. The van der Waals surface area contributed by atoms with E-state index in [1.807, 2.05) is 0 Å². The number of sulfonamides is 1. The first-order valence-electron chi connectivity index (χ1n) is 14.5. The molecule has 7 rings (SSSR count). The van der Waals surface area contributed by atoms with E-state index in [2.05, 4.69) is 20.5 Å². The maximum Gasteiger partial charge on any atom is 0.255 e. The van der Waals surface area contributed by atoms with Crippen molar-refractivity contribution in [1.82, 2.24) is 20.5 Å². The average molecular weight is 670 g/mol. The van der Waals surface area contributed by atoms with E-state index in [1.54, 1.807) is 37.3 Å². The minimum atomic E-state index is -3.80. The lowest BCUT2D eigenvalue weighted by molar-refractivity contribution is 0.0964. The van der Waals surface area contributed by atoms with Crippen molar-refractivity contribution in [2.24, 2.45) is 0 Å². The van der Waals surface area contributed by atoms with Gasteiger partial charge in [0, 0.05) is 43.6 Å². The molecule has 0 unspecified atom stereocenters. The number of halogens is 2. The number of nitrogens with zero attached hydrogens (tertiary/aromatic N) is 4. The summed E-state index contributed by atoms with van der Waals surface area (Å²) in [6, 6.07) is 18.1. The fourth-order valence-corrected chi connectivity index (χ4v) is 5.98. The Morgan fingerprint density at radius 2 is 1.58 bits per heavy atom. The zero-order valence-corrected chi connectivity index (χ0v) is 26.6. The van der Waals surface area contributed by atoms with Gasteiger partial charge in [0.05, 0.1) is 28.6 Å². The molecule has 0 radical (unpaired) electrons. The van der Waals surface area contributed by atoms with Crippen LogP contribution in [0.15, 0.2) is 86.0 Å². The maximum absolute atomic E-state index is 14.7. The molecule has 0 spiro atoms. The van der Waals surface area contributed by atoms with Crippen LogP contribution in [0.1, 0.15) is 16.2 Å². The smallest absolute Gasteiger partial charge is 0.255 e. The summed E-state index contributed by atoms with van der Waals surface area (Å²) in [7, 11) is -0.944. The van der Waals surface area contributed by atoms with Gasteiger partial charge < -0.3 is 18.6 Å². The van der Waals surface area contributed by atoms with Crippen molar-refractivity contribution in [3.63, 3.8) is 0 Å². The van der Waals surface area contributed by atoms with Crippen molar-refractivity contribution in [1.29, 1.82) is 0 Å². The minimum absolute atomic E-state index is 0.0198. The summed E-state index contributed by atoms with van der Waals surface area (Å²) >= 11 is 0. The predicted molar refractivity (Wildman–Crippen MR) is 175 cm³/mol. The molecule has 3 heterocycles. The summed E-state index contributed by atoms with van der Waals surface area (Å²) in [4.78, 5) is 17.7. The van der Waals surface area contributed by atoms with Crippen LogP contribution < -0.4 is 9.62 Å². The number of hydrogen-bond acceptors (Lipinski definition) is 9. The number of anilines is 1. The average Bonchev–Trinajstić information content (AvgIpc) is 3.80. The molecule has 14 heteroatoms. The molecule has 0 aliphatic heterocycles. The van der Waals surface area contributed by atoms with Crippen molar-refractivity contribution in [3.8, 4) is 45.4 Å². The first-order valence-corrected chi connectivity index (χ1v) is 16.3. The highest BCUT2D eigenvalue weighted by Gasteiger charge is 2.27. The molecule has 4 aromatic carbocycles. The molecule has 3 aromatic heterocycles. The summed E-state index contributed by atoms with van der Waals surface area (Å²) in [5, 5.41) is 11.1. The Kier molecular flexibility index (Phi) is 7.31. The quantitative estimate of drug-likeness (QED) is 0.190. The topological polar surface area (TPSA) is 145 Å². The Hall–Kier alpha value is -5.89. The maximum atomic E-state index is 14.7. The van der Waals surface area contributed by atoms with Gasteiger partial charge in [0.15, 0.2) is 11.4 Å². The third kappa shape index (κ3) is 5.25. The first kappa shape index (κ1) is 30.7. The van der Waals surface area contributed by atoms with Crippen LogP contribution in [-0.2, 0) is 10.0 Å². The molecular formula is C34H25F2N5O6S. The van der Waals surface area contributed by atoms with Crippen LogP contribution in [0.5, 0.6) is 0 Å². The standard InChI is InChI=1S/C34H25F2N5O6S/c1-17-39-40-34(45-17)21-13-10-19(14-23(21)33-38-30-25(36)6-5-7-27(30)47-33)22-15-24-28(16-26(22)41(3)48(4,43)44)46-31(29(24)32(42)37-2)18-8-11-20(35)12-9-18/h5-16H,1-4H3,(H,37,42). The number of para-hydroxylation sites is 1. The molecule has 0 saturated heterocycles. The zero-order chi connectivity index (χ0) is 33.9. The summed E-state index contributed by atoms with van der Waals surface area (Å²) in [6.07, 6.45) is 1.06. The van der Waals surface area contributed by atoms with E-state index in [9.17, 15) is 22.0 Å². The van der Waals surface area contributed by atoms with Crippen LogP contribution in [0, 0.1) is 18.6 Å². The van der Waals surface area contributed by atoms with Gasteiger partial charge in [-0.25, -0.2) is 22.2 Å². The number of carbonyl (C=O) groups excluding carboxylic acids is 1. The second-order valence-corrected chi connectivity index (χ2v) is 13.0. The highest BCUT2D eigenvalue weighted by Crippen LogP contribution is 2.43. The Balaban J connectivity index is 1.52. The first-order chi connectivity index (χ1) is 22.9. The molecule has 0 saturated carbocycles. The monoisotopic (exact) mass is 669 g/mol. The Labute approximate surface area is 271 Å². The van der Waals surface area contributed by atoms with E-state index in [1.165, 1.54) is 56.6 Å². The molecular weight excluding hydrogens is 644 g/mol. The van der Waals surface area contributed by atoms with Crippen LogP contribution in [0.2, 0.25) is 0 Å². The fraction of sp³-hybridized carbons (Fsp3) is 0.118. The Morgan fingerprint density at radius 3 is 2.25 bits per heavy atom. The number of benzene rings is 4. The van der Waals surface area contributed by atoms with Gasteiger partial charge in [-0.05, 0) is 60.2 Å². The number of hydrogen-bond donors (Lipinski definition) is 1. The zero-order valence-electron chi connectivity index (χ0n) is 25.8. The number of aryl methyl sites for hydroxylation is 1. The van der Waals surface area contributed by atoms with E-state index in [0.29, 0.717) is 39.1 Å². The molecule has 242 valence electrons. The van der Waals surface area contributed by atoms with Crippen molar-refractivity contribution in [2.75, 3.05) is 24.7 Å². The number of nitrogens with one attached hydrogen (secondary N) is 1. The van der Waals surface area contributed by atoms with Crippen LogP contribution >= 0.6 is 0 Å². The number of aromatic nitrogens is 3. The van der Waals surface area contributed by atoms with E-state index >= 15 is 0 Å². The van der Waals surface area contributed by atoms with Crippen LogP contribution in [-0.4, -0.2) is 49.9 Å². The third-order valence-electron chi connectivity index (χ3n) is 7.89.